The van der Waals surface area contributed by atoms with Gasteiger partial charge in [-0.3, -0.25) is 9.59 Å². The van der Waals surface area contributed by atoms with Crippen molar-refractivity contribution in [3.05, 3.63) is 23.4 Å². The summed E-state index contributed by atoms with van der Waals surface area (Å²) in [5.74, 6) is 1.22. The summed E-state index contributed by atoms with van der Waals surface area (Å²) < 4.78 is 0. The molecule has 1 N–H and O–H groups in total. The smallest absolute Gasteiger partial charge is 0.255 e. The van der Waals surface area contributed by atoms with Gasteiger partial charge < -0.3 is 15.1 Å². The minimum atomic E-state index is -0.147. The van der Waals surface area contributed by atoms with Crippen LogP contribution in [0.3, 0.4) is 0 Å². The summed E-state index contributed by atoms with van der Waals surface area (Å²) in [6.07, 6.45) is 9.87. The van der Waals surface area contributed by atoms with Gasteiger partial charge in [-0.25, -0.2) is 4.98 Å². The Kier molecular flexibility index (Phi) is 3.37. The number of carbonyl (C=O) groups is 2. The van der Waals surface area contributed by atoms with E-state index in [2.05, 4.69) is 10.3 Å². The molecule has 3 aliphatic heterocycles. The van der Waals surface area contributed by atoms with Crippen LogP contribution >= 0.6 is 0 Å². The van der Waals surface area contributed by atoms with E-state index < -0.39 is 0 Å². The van der Waals surface area contributed by atoms with E-state index in [1.807, 2.05) is 22.9 Å². The van der Waals surface area contributed by atoms with Gasteiger partial charge in [0.2, 0.25) is 5.91 Å². The number of carbonyl (C=O) groups excluding carboxylic acids is 2. The second-order valence-corrected chi connectivity index (χ2v) is 8.64. The first-order chi connectivity index (χ1) is 12.5. The minimum Gasteiger partial charge on any atom is -0.364 e. The Morgan fingerprint density at radius 2 is 2.04 bits per heavy atom. The third-order valence-corrected chi connectivity index (χ3v) is 7.06. The second-order valence-electron chi connectivity index (χ2n) is 8.64. The monoisotopic (exact) mass is 354 g/mol. The van der Waals surface area contributed by atoms with Crippen LogP contribution in [0, 0.1) is 0 Å². The molecule has 0 unspecified atom stereocenters. The highest BCUT2D eigenvalue weighted by Gasteiger charge is 2.49. The second kappa shape index (κ2) is 5.44. The van der Waals surface area contributed by atoms with Gasteiger partial charge in [0.05, 0.1) is 11.1 Å². The predicted molar refractivity (Wildman–Crippen MR) is 98.0 cm³/mol. The summed E-state index contributed by atoms with van der Waals surface area (Å²) >= 11 is 0. The highest BCUT2D eigenvalue weighted by Crippen LogP contribution is 2.45. The summed E-state index contributed by atoms with van der Waals surface area (Å²) in [4.78, 5) is 33.4. The van der Waals surface area contributed by atoms with Crippen molar-refractivity contribution in [1.82, 2.24) is 14.8 Å². The number of rotatable bonds is 1. The molecule has 1 atom stereocenters. The Balaban J connectivity index is 1.35. The van der Waals surface area contributed by atoms with E-state index in [9.17, 15) is 9.59 Å². The van der Waals surface area contributed by atoms with Crippen LogP contribution in [0.4, 0.5) is 5.82 Å². The number of aryl methyl sites for hydroxylation is 1. The van der Waals surface area contributed by atoms with E-state index >= 15 is 0 Å². The summed E-state index contributed by atoms with van der Waals surface area (Å²) in [6.45, 7) is 1.36. The first kappa shape index (κ1) is 16.1. The molecular formula is C20H26N4O2. The standard InChI is InChI=1S/C20H26N4O2/c1-23-16(25)4-6-20(23)9-10-24(13-20)18(26)15-11-14-3-2-5-19(7-8-19)22-17(14)21-12-15/h11-12H,2-10,13H2,1H3,(H,21,22)/t20-/m0/s1. The normalized spacial score (nSPS) is 29.0. The third-order valence-electron chi connectivity index (χ3n) is 7.06. The van der Waals surface area contributed by atoms with Gasteiger partial charge in [-0.2, -0.15) is 0 Å². The van der Waals surface area contributed by atoms with Gasteiger partial charge in [-0.05, 0) is 56.6 Å². The molecular weight excluding hydrogens is 328 g/mol. The fraction of sp³-hybridized carbons (Fsp3) is 0.650. The van der Waals surface area contributed by atoms with Crippen LogP contribution in [0.25, 0.3) is 0 Å². The number of anilines is 1. The Bertz CT molecular complexity index is 788. The molecule has 2 saturated heterocycles. The molecule has 1 saturated carbocycles. The van der Waals surface area contributed by atoms with Gasteiger partial charge >= 0.3 is 0 Å². The average molecular weight is 354 g/mol. The lowest BCUT2D eigenvalue weighted by Crippen LogP contribution is -2.46. The van der Waals surface area contributed by atoms with E-state index in [-0.39, 0.29) is 22.9 Å². The lowest BCUT2D eigenvalue weighted by atomic mass is 9.96. The molecule has 4 heterocycles. The number of hydrogen-bond acceptors (Lipinski definition) is 4. The molecule has 0 aromatic carbocycles. The maximum Gasteiger partial charge on any atom is 0.255 e. The quantitative estimate of drug-likeness (QED) is 0.840. The lowest BCUT2D eigenvalue weighted by Gasteiger charge is -2.31. The molecule has 138 valence electrons. The highest BCUT2D eigenvalue weighted by molar-refractivity contribution is 5.95. The lowest BCUT2D eigenvalue weighted by molar-refractivity contribution is -0.129. The van der Waals surface area contributed by atoms with Crippen molar-refractivity contribution in [2.45, 2.75) is 62.4 Å². The first-order valence-corrected chi connectivity index (χ1v) is 9.83. The van der Waals surface area contributed by atoms with E-state index in [1.165, 1.54) is 24.8 Å². The zero-order valence-corrected chi connectivity index (χ0v) is 15.4. The van der Waals surface area contributed by atoms with Gasteiger partial charge in [0, 0.05) is 38.3 Å². The number of aromatic nitrogens is 1. The van der Waals surface area contributed by atoms with Crippen LogP contribution in [0.5, 0.6) is 0 Å². The summed E-state index contributed by atoms with van der Waals surface area (Å²) in [5, 5.41) is 3.62. The maximum absolute atomic E-state index is 13.0. The van der Waals surface area contributed by atoms with Crippen molar-refractivity contribution in [1.29, 1.82) is 0 Å². The van der Waals surface area contributed by atoms with Crippen molar-refractivity contribution in [3.8, 4) is 0 Å². The molecule has 2 spiro atoms. The Hall–Kier alpha value is -2.11. The van der Waals surface area contributed by atoms with E-state index in [4.69, 9.17) is 0 Å². The van der Waals surface area contributed by atoms with Gasteiger partial charge in [0.1, 0.15) is 5.82 Å². The molecule has 6 heteroatoms. The molecule has 5 rings (SSSR count). The fourth-order valence-electron chi connectivity index (χ4n) is 5.02. The zero-order valence-electron chi connectivity index (χ0n) is 15.4. The summed E-state index contributed by atoms with van der Waals surface area (Å²) in [7, 11) is 1.88. The Labute approximate surface area is 153 Å². The molecule has 1 aromatic rings. The van der Waals surface area contributed by atoms with E-state index in [0.29, 0.717) is 18.5 Å². The SMILES string of the molecule is CN1C(=O)CC[C@@]12CCN(C(=O)c1cnc3c(c1)CCCC1(CC1)N3)C2. The average Bonchev–Trinajstić information content (AvgIpc) is 3.24. The van der Waals surface area contributed by atoms with Gasteiger partial charge in [-0.1, -0.05) is 0 Å². The molecule has 4 aliphatic rings. The number of nitrogens with zero attached hydrogens (tertiary/aromatic N) is 3. The Morgan fingerprint density at radius 1 is 1.19 bits per heavy atom. The van der Waals surface area contributed by atoms with Crippen LogP contribution in [-0.4, -0.2) is 57.8 Å². The highest BCUT2D eigenvalue weighted by atomic mass is 16.2. The maximum atomic E-state index is 13.0. The molecule has 0 radical (unpaired) electrons. The van der Waals surface area contributed by atoms with Crippen LogP contribution in [-0.2, 0) is 11.2 Å². The number of nitrogens with one attached hydrogen (secondary N) is 1. The summed E-state index contributed by atoms with van der Waals surface area (Å²) in [5.41, 5.74) is 1.99. The van der Waals surface area contributed by atoms with Gasteiger partial charge in [0.25, 0.3) is 5.91 Å². The fourth-order valence-corrected chi connectivity index (χ4v) is 5.02. The minimum absolute atomic E-state index is 0.0512. The topological polar surface area (TPSA) is 65.5 Å². The largest absolute Gasteiger partial charge is 0.364 e. The molecule has 6 nitrogen and oxygen atoms in total. The zero-order chi connectivity index (χ0) is 17.9. The van der Waals surface area contributed by atoms with Crippen molar-refractivity contribution in [2.24, 2.45) is 0 Å². The number of pyridine rings is 1. The van der Waals surface area contributed by atoms with Crippen LogP contribution < -0.4 is 5.32 Å². The number of hydrogen-bond donors (Lipinski definition) is 1. The molecule has 2 amide bonds. The number of fused-ring (bicyclic) bond motifs is 1. The first-order valence-electron chi connectivity index (χ1n) is 9.83. The van der Waals surface area contributed by atoms with E-state index in [1.54, 1.807) is 6.20 Å². The number of likely N-dealkylation sites (tertiary alicyclic amines) is 2. The summed E-state index contributed by atoms with van der Waals surface area (Å²) in [6, 6.07) is 2.04. The third kappa shape index (κ3) is 2.42. The van der Waals surface area contributed by atoms with Crippen molar-refractivity contribution < 1.29 is 9.59 Å². The molecule has 1 aromatic heterocycles. The van der Waals surface area contributed by atoms with Crippen molar-refractivity contribution in [2.75, 3.05) is 25.5 Å². The number of likely N-dealkylation sites (N-methyl/N-ethyl adjacent to an activating group) is 1. The van der Waals surface area contributed by atoms with Crippen LogP contribution in [0.15, 0.2) is 12.3 Å². The van der Waals surface area contributed by atoms with Crippen molar-refractivity contribution in [3.63, 3.8) is 0 Å². The molecule has 1 aliphatic carbocycles. The predicted octanol–water partition coefficient (Wildman–Crippen LogP) is 2.20. The molecule has 3 fully saturated rings. The molecule has 0 bridgehead atoms. The molecule has 26 heavy (non-hydrogen) atoms. The van der Waals surface area contributed by atoms with Gasteiger partial charge in [0.15, 0.2) is 0 Å². The van der Waals surface area contributed by atoms with Crippen molar-refractivity contribution >= 4 is 17.6 Å². The van der Waals surface area contributed by atoms with Crippen LogP contribution in [0.1, 0.15) is 60.9 Å². The van der Waals surface area contributed by atoms with E-state index in [0.717, 1.165) is 38.0 Å². The van der Waals surface area contributed by atoms with Gasteiger partial charge in [-0.15, -0.1) is 0 Å². The van der Waals surface area contributed by atoms with Crippen LogP contribution in [0.2, 0.25) is 0 Å². The Morgan fingerprint density at radius 3 is 2.77 bits per heavy atom. The number of amides is 2.